The summed E-state index contributed by atoms with van der Waals surface area (Å²) in [4.78, 5) is 5.15. The number of rotatable bonds is 16. The van der Waals surface area contributed by atoms with Crippen molar-refractivity contribution in [3.8, 4) is 0 Å². The Labute approximate surface area is 159 Å². The fourth-order valence-electron chi connectivity index (χ4n) is 3.93. The van der Waals surface area contributed by atoms with Crippen LogP contribution in [-0.2, 0) is 0 Å². The van der Waals surface area contributed by atoms with Crippen LogP contribution in [0.15, 0.2) is 12.4 Å². The van der Waals surface area contributed by atoms with Crippen LogP contribution in [0.25, 0.3) is 0 Å². The van der Waals surface area contributed by atoms with Crippen molar-refractivity contribution in [2.24, 2.45) is 0 Å². The largest absolute Gasteiger partial charge is 0.356 e. The van der Waals surface area contributed by atoms with Crippen molar-refractivity contribution >= 4 is 0 Å². The summed E-state index contributed by atoms with van der Waals surface area (Å²) in [7, 11) is 0. The van der Waals surface area contributed by atoms with Gasteiger partial charge < -0.3 is 9.80 Å². The van der Waals surface area contributed by atoms with Crippen molar-refractivity contribution in [2.75, 3.05) is 6.54 Å². The van der Waals surface area contributed by atoms with Crippen molar-refractivity contribution in [1.82, 2.24) is 9.80 Å². The summed E-state index contributed by atoms with van der Waals surface area (Å²) in [5.74, 6) is 0. The summed E-state index contributed by atoms with van der Waals surface area (Å²) in [6.45, 7) is 10.5. The van der Waals surface area contributed by atoms with Crippen molar-refractivity contribution in [3.63, 3.8) is 0 Å². The standard InChI is InChI=1S/C23H46N2/c1-5-7-9-10-11-12-13-14-15-16-17-19-24-20-21-25(22(3)4)23(24)18-8-6-2/h20-23H,5-19H2,1-4H3. The molecule has 0 bridgehead atoms. The molecule has 2 nitrogen and oxygen atoms in total. The Kier molecular flexibility index (Phi) is 13.0. The van der Waals surface area contributed by atoms with Crippen LogP contribution in [0, 0.1) is 0 Å². The van der Waals surface area contributed by atoms with Gasteiger partial charge in [-0.3, -0.25) is 0 Å². The fourth-order valence-corrected chi connectivity index (χ4v) is 3.93. The molecule has 2 heteroatoms. The molecule has 1 aliphatic rings. The molecule has 1 heterocycles. The van der Waals surface area contributed by atoms with E-state index in [-0.39, 0.29) is 0 Å². The molecule has 1 rings (SSSR count). The predicted octanol–water partition coefficient (Wildman–Crippen LogP) is 7.31. The Balaban J connectivity index is 2.05. The Morgan fingerprint density at radius 2 is 1.20 bits per heavy atom. The minimum atomic E-state index is 0.612. The molecule has 1 unspecified atom stereocenters. The van der Waals surface area contributed by atoms with Gasteiger partial charge in [-0.15, -0.1) is 0 Å². The lowest BCUT2D eigenvalue weighted by Gasteiger charge is -2.35. The number of unbranched alkanes of at least 4 members (excludes halogenated alkanes) is 11. The second-order valence-electron chi connectivity index (χ2n) is 8.24. The van der Waals surface area contributed by atoms with Crippen molar-refractivity contribution in [3.05, 3.63) is 12.4 Å². The Hall–Kier alpha value is -0.660. The van der Waals surface area contributed by atoms with E-state index in [0.717, 1.165) is 0 Å². The minimum Gasteiger partial charge on any atom is -0.356 e. The van der Waals surface area contributed by atoms with Gasteiger partial charge in [0.25, 0.3) is 0 Å². The zero-order valence-corrected chi connectivity index (χ0v) is 17.8. The van der Waals surface area contributed by atoms with E-state index in [1.165, 1.54) is 96.4 Å². The fraction of sp³-hybridized carbons (Fsp3) is 0.913. The highest BCUT2D eigenvalue weighted by Gasteiger charge is 2.26. The van der Waals surface area contributed by atoms with Gasteiger partial charge in [-0.25, -0.2) is 0 Å². The Morgan fingerprint density at radius 1 is 0.680 bits per heavy atom. The summed E-state index contributed by atoms with van der Waals surface area (Å²) in [5.41, 5.74) is 0. The lowest BCUT2D eigenvalue weighted by Crippen LogP contribution is -2.42. The van der Waals surface area contributed by atoms with Crippen LogP contribution in [0.4, 0.5) is 0 Å². The van der Waals surface area contributed by atoms with Crippen molar-refractivity contribution in [1.29, 1.82) is 0 Å². The third kappa shape index (κ3) is 9.56. The Bertz CT molecular complexity index is 324. The van der Waals surface area contributed by atoms with Crippen molar-refractivity contribution < 1.29 is 0 Å². The number of nitrogens with zero attached hydrogens (tertiary/aromatic N) is 2. The molecular weight excluding hydrogens is 304 g/mol. The molecule has 0 amide bonds. The monoisotopic (exact) mass is 350 g/mol. The maximum absolute atomic E-state index is 2.60. The number of hydrogen-bond donors (Lipinski definition) is 0. The van der Waals surface area contributed by atoms with Gasteiger partial charge in [0.2, 0.25) is 0 Å². The van der Waals surface area contributed by atoms with Gasteiger partial charge in [0.1, 0.15) is 6.17 Å². The van der Waals surface area contributed by atoms with E-state index in [2.05, 4.69) is 49.9 Å². The molecule has 148 valence electrons. The van der Waals surface area contributed by atoms with Crippen LogP contribution in [0.5, 0.6) is 0 Å². The van der Waals surface area contributed by atoms with Crippen LogP contribution >= 0.6 is 0 Å². The van der Waals surface area contributed by atoms with Gasteiger partial charge in [-0.05, 0) is 33.1 Å². The molecule has 0 fully saturated rings. The van der Waals surface area contributed by atoms with Gasteiger partial charge in [0.05, 0.1) is 0 Å². The van der Waals surface area contributed by atoms with E-state index >= 15 is 0 Å². The maximum Gasteiger partial charge on any atom is 0.101 e. The summed E-state index contributed by atoms with van der Waals surface area (Å²) in [6.07, 6.45) is 24.9. The molecule has 0 aromatic rings. The first-order valence-electron chi connectivity index (χ1n) is 11.4. The minimum absolute atomic E-state index is 0.612. The lowest BCUT2D eigenvalue weighted by atomic mass is 10.1. The zero-order chi connectivity index (χ0) is 18.3. The highest BCUT2D eigenvalue weighted by atomic mass is 15.4. The van der Waals surface area contributed by atoms with Crippen LogP contribution in [0.2, 0.25) is 0 Å². The van der Waals surface area contributed by atoms with Crippen LogP contribution in [-0.4, -0.2) is 28.6 Å². The lowest BCUT2D eigenvalue weighted by molar-refractivity contribution is 0.114. The molecule has 1 atom stereocenters. The van der Waals surface area contributed by atoms with Gasteiger partial charge in [0.15, 0.2) is 0 Å². The molecule has 0 saturated carbocycles. The van der Waals surface area contributed by atoms with Crippen LogP contribution in [0.3, 0.4) is 0 Å². The van der Waals surface area contributed by atoms with Gasteiger partial charge in [-0.1, -0.05) is 84.5 Å². The summed E-state index contributed by atoms with van der Waals surface area (Å²) in [6, 6.07) is 0.612. The average Bonchev–Trinajstić information content (AvgIpc) is 3.01. The first kappa shape index (κ1) is 22.4. The predicted molar refractivity (Wildman–Crippen MR) is 113 cm³/mol. The Morgan fingerprint density at radius 3 is 1.72 bits per heavy atom. The molecule has 0 saturated heterocycles. The molecule has 0 aliphatic carbocycles. The van der Waals surface area contributed by atoms with Gasteiger partial charge in [-0.2, -0.15) is 0 Å². The van der Waals surface area contributed by atoms with Crippen molar-refractivity contribution in [2.45, 2.75) is 130 Å². The van der Waals surface area contributed by atoms with E-state index in [9.17, 15) is 0 Å². The highest BCUT2D eigenvalue weighted by molar-refractivity contribution is 4.98. The molecule has 1 aliphatic heterocycles. The molecule has 0 spiro atoms. The average molecular weight is 351 g/mol. The van der Waals surface area contributed by atoms with E-state index in [1.807, 2.05) is 0 Å². The quantitative estimate of drug-likeness (QED) is 0.269. The first-order valence-corrected chi connectivity index (χ1v) is 11.4. The second-order valence-corrected chi connectivity index (χ2v) is 8.24. The smallest absolute Gasteiger partial charge is 0.101 e. The second kappa shape index (κ2) is 14.5. The normalized spacial score (nSPS) is 17.2. The third-order valence-corrected chi connectivity index (χ3v) is 5.59. The van der Waals surface area contributed by atoms with E-state index < -0.39 is 0 Å². The van der Waals surface area contributed by atoms with Gasteiger partial charge >= 0.3 is 0 Å². The zero-order valence-electron chi connectivity index (χ0n) is 17.8. The van der Waals surface area contributed by atoms with E-state index in [1.54, 1.807) is 0 Å². The molecule has 0 N–H and O–H groups in total. The summed E-state index contributed by atoms with van der Waals surface area (Å²) >= 11 is 0. The summed E-state index contributed by atoms with van der Waals surface area (Å²) < 4.78 is 0. The first-order chi connectivity index (χ1) is 12.2. The van der Waals surface area contributed by atoms with Gasteiger partial charge in [0, 0.05) is 25.0 Å². The molecule has 0 radical (unpaired) electrons. The third-order valence-electron chi connectivity index (χ3n) is 5.59. The SMILES string of the molecule is CCCCCCCCCCCCCN1C=CN(C(C)C)C1CCCC. The molecule has 0 aromatic carbocycles. The van der Waals surface area contributed by atoms with Crippen LogP contribution < -0.4 is 0 Å². The number of hydrogen-bond acceptors (Lipinski definition) is 2. The highest BCUT2D eigenvalue weighted by Crippen LogP contribution is 2.24. The summed E-state index contributed by atoms with van der Waals surface area (Å²) in [5, 5.41) is 0. The van der Waals surface area contributed by atoms with E-state index in [4.69, 9.17) is 0 Å². The molecule has 0 aromatic heterocycles. The molecular formula is C23H46N2. The van der Waals surface area contributed by atoms with E-state index in [0.29, 0.717) is 12.2 Å². The maximum atomic E-state index is 2.60. The van der Waals surface area contributed by atoms with Crippen LogP contribution in [0.1, 0.15) is 118 Å². The molecule has 25 heavy (non-hydrogen) atoms. The topological polar surface area (TPSA) is 6.48 Å².